The molecule has 126 valence electrons. The number of nitrogens with one attached hydrogen (secondary N) is 2. The fourth-order valence-electron chi connectivity index (χ4n) is 1.82. The van der Waals surface area contributed by atoms with E-state index in [-0.39, 0.29) is 0 Å². The van der Waals surface area contributed by atoms with Gasteiger partial charge in [-0.1, -0.05) is 28.1 Å². The molecule has 2 N–H and O–H groups in total. The van der Waals surface area contributed by atoms with E-state index in [1.54, 1.807) is 6.21 Å². The second-order valence-electron chi connectivity index (χ2n) is 4.83. The summed E-state index contributed by atoms with van der Waals surface area (Å²) in [6, 6.07) is 13.8. The number of benzene rings is 2. The van der Waals surface area contributed by atoms with Crippen LogP contribution in [-0.4, -0.2) is 17.9 Å². The molecule has 0 radical (unpaired) electrons. The lowest BCUT2D eigenvalue weighted by Crippen LogP contribution is -2.31. The zero-order valence-corrected chi connectivity index (χ0v) is 17.0. The number of hydrogen-bond acceptors (Lipinski definition) is 3. The molecule has 0 unspecified atom stereocenters. The minimum atomic E-state index is 0.502. The van der Waals surface area contributed by atoms with Gasteiger partial charge in [-0.2, -0.15) is 5.10 Å². The number of hydrogen-bond donors (Lipinski definition) is 2. The Labute approximate surface area is 163 Å². The van der Waals surface area contributed by atoms with Gasteiger partial charge in [0.2, 0.25) is 0 Å². The largest absolute Gasteiger partial charge is 0.488 e. The second-order valence-corrected chi connectivity index (χ2v) is 7.01. The Balaban J connectivity index is 1.92. The van der Waals surface area contributed by atoms with Gasteiger partial charge in [-0.3, -0.25) is 5.43 Å². The van der Waals surface area contributed by atoms with Gasteiger partial charge in [0.15, 0.2) is 5.11 Å². The summed E-state index contributed by atoms with van der Waals surface area (Å²) in [5.74, 6) is 0.784. The summed E-state index contributed by atoms with van der Waals surface area (Å²) in [5, 5.41) is 7.55. The molecule has 7 heteroatoms. The molecule has 0 atom stereocenters. The highest BCUT2D eigenvalue weighted by atomic mass is 79.9. The summed E-state index contributed by atoms with van der Waals surface area (Å²) in [6.45, 7) is 3.25. The van der Waals surface area contributed by atoms with Crippen molar-refractivity contribution in [3.8, 4) is 5.75 Å². The van der Waals surface area contributed by atoms with Crippen LogP contribution in [0.15, 0.2) is 56.5 Å². The average Bonchev–Trinajstić information content (AvgIpc) is 2.56. The smallest absolute Gasteiger partial charge is 0.186 e. The zero-order valence-electron chi connectivity index (χ0n) is 13.1. The topological polar surface area (TPSA) is 45.7 Å². The van der Waals surface area contributed by atoms with E-state index in [0.29, 0.717) is 11.7 Å². The molecule has 0 saturated carbocycles. The lowest BCUT2D eigenvalue weighted by molar-refractivity contribution is 0.304. The summed E-state index contributed by atoms with van der Waals surface area (Å²) < 4.78 is 7.77. The van der Waals surface area contributed by atoms with Crippen molar-refractivity contribution in [3.05, 3.63) is 62.5 Å². The first-order valence-corrected chi connectivity index (χ1v) is 9.31. The van der Waals surface area contributed by atoms with E-state index in [2.05, 4.69) is 47.7 Å². The molecular formula is C17H17Br2N3OS. The predicted molar refractivity (Wildman–Crippen MR) is 110 cm³/mol. The molecule has 0 heterocycles. The Hall–Kier alpha value is -1.44. The molecule has 0 aromatic heterocycles. The molecular weight excluding hydrogens is 454 g/mol. The summed E-state index contributed by atoms with van der Waals surface area (Å²) in [7, 11) is 0. The van der Waals surface area contributed by atoms with Gasteiger partial charge >= 0.3 is 0 Å². The minimum Gasteiger partial charge on any atom is -0.488 e. The Kier molecular flexibility index (Phi) is 7.68. The maximum Gasteiger partial charge on any atom is 0.186 e. The molecule has 0 bridgehead atoms. The van der Waals surface area contributed by atoms with Crippen molar-refractivity contribution >= 4 is 55.4 Å². The van der Waals surface area contributed by atoms with Gasteiger partial charge in [-0.05, 0) is 76.5 Å². The van der Waals surface area contributed by atoms with Crippen LogP contribution in [0.3, 0.4) is 0 Å². The number of hydrazone groups is 1. The lowest BCUT2D eigenvalue weighted by atomic mass is 10.2. The number of halogens is 2. The maximum absolute atomic E-state index is 5.84. The zero-order chi connectivity index (χ0) is 17.4. The van der Waals surface area contributed by atoms with Crippen LogP contribution in [0, 0.1) is 0 Å². The van der Waals surface area contributed by atoms with Crippen molar-refractivity contribution < 1.29 is 4.74 Å². The first-order chi connectivity index (χ1) is 11.6. The van der Waals surface area contributed by atoms with E-state index in [1.165, 1.54) is 0 Å². The normalized spacial score (nSPS) is 10.6. The van der Waals surface area contributed by atoms with Gasteiger partial charge in [0.25, 0.3) is 0 Å². The van der Waals surface area contributed by atoms with Crippen LogP contribution in [-0.2, 0) is 6.61 Å². The van der Waals surface area contributed by atoms with Crippen molar-refractivity contribution in [2.24, 2.45) is 5.10 Å². The van der Waals surface area contributed by atoms with Gasteiger partial charge in [0, 0.05) is 11.0 Å². The third-order valence-electron chi connectivity index (χ3n) is 2.98. The van der Waals surface area contributed by atoms with Crippen LogP contribution in [0.4, 0.5) is 0 Å². The van der Waals surface area contributed by atoms with Crippen molar-refractivity contribution in [2.45, 2.75) is 13.5 Å². The highest BCUT2D eigenvalue weighted by Gasteiger charge is 2.03. The van der Waals surface area contributed by atoms with Gasteiger partial charge in [-0.15, -0.1) is 0 Å². The molecule has 0 aliphatic heterocycles. The van der Waals surface area contributed by atoms with Gasteiger partial charge in [-0.25, -0.2) is 0 Å². The van der Waals surface area contributed by atoms with E-state index in [1.807, 2.05) is 49.4 Å². The van der Waals surface area contributed by atoms with E-state index >= 15 is 0 Å². The van der Waals surface area contributed by atoms with Crippen molar-refractivity contribution in [2.75, 3.05) is 6.54 Å². The monoisotopic (exact) mass is 469 g/mol. The van der Waals surface area contributed by atoms with Crippen molar-refractivity contribution in [1.82, 2.24) is 10.7 Å². The minimum absolute atomic E-state index is 0.502. The molecule has 0 aliphatic rings. The third kappa shape index (κ3) is 6.22. The summed E-state index contributed by atoms with van der Waals surface area (Å²) in [6.07, 6.45) is 1.70. The Bertz CT molecular complexity index is 720. The highest BCUT2D eigenvalue weighted by molar-refractivity contribution is 9.10. The van der Waals surface area contributed by atoms with E-state index in [0.717, 1.165) is 32.4 Å². The highest BCUT2D eigenvalue weighted by Crippen LogP contribution is 2.26. The van der Waals surface area contributed by atoms with E-state index in [4.69, 9.17) is 17.0 Å². The molecule has 4 nitrogen and oxygen atoms in total. The van der Waals surface area contributed by atoms with E-state index < -0.39 is 0 Å². The fraction of sp³-hybridized carbons (Fsp3) is 0.176. The van der Waals surface area contributed by atoms with Crippen LogP contribution in [0.25, 0.3) is 0 Å². The third-order valence-corrected chi connectivity index (χ3v) is 4.36. The average molecular weight is 471 g/mol. The quantitative estimate of drug-likeness (QED) is 0.367. The number of rotatable bonds is 6. The molecule has 0 amide bonds. The van der Waals surface area contributed by atoms with Gasteiger partial charge in [0.1, 0.15) is 12.4 Å². The maximum atomic E-state index is 5.84. The molecule has 2 rings (SSSR count). The first kappa shape index (κ1) is 18.9. The molecule has 24 heavy (non-hydrogen) atoms. The second kappa shape index (κ2) is 9.76. The van der Waals surface area contributed by atoms with Gasteiger partial charge in [0.05, 0.1) is 10.7 Å². The summed E-state index contributed by atoms with van der Waals surface area (Å²) >= 11 is 12.0. The number of ether oxygens (including phenoxy) is 1. The standard InChI is InChI=1S/C17H17Br2N3OS/c1-2-20-17(24)22-21-10-13-5-8-16(15(19)9-13)23-11-12-3-6-14(18)7-4-12/h3-10H,2,11H2,1H3,(H2,20,22,24)/b21-10-. The van der Waals surface area contributed by atoms with Crippen LogP contribution in [0.5, 0.6) is 5.75 Å². The SMILES string of the molecule is CCNC(=S)N/N=C\c1ccc(OCc2ccc(Br)cc2)c(Br)c1. The lowest BCUT2D eigenvalue weighted by Gasteiger charge is -2.09. The van der Waals surface area contributed by atoms with Crippen LogP contribution in [0.2, 0.25) is 0 Å². The molecule has 0 fully saturated rings. The molecule has 0 saturated heterocycles. The summed E-state index contributed by atoms with van der Waals surface area (Å²) in [4.78, 5) is 0. The van der Waals surface area contributed by atoms with Crippen LogP contribution >= 0.6 is 44.1 Å². The first-order valence-electron chi connectivity index (χ1n) is 7.32. The molecule has 2 aromatic carbocycles. The number of thiocarbonyl (C=S) groups is 1. The summed E-state index contributed by atoms with van der Waals surface area (Å²) in [5.41, 5.74) is 4.80. The van der Waals surface area contributed by atoms with E-state index in [9.17, 15) is 0 Å². The Morgan fingerprint density at radius 2 is 1.96 bits per heavy atom. The fourth-order valence-corrected chi connectivity index (χ4v) is 2.79. The molecule has 2 aromatic rings. The Morgan fingerprint density at radius 3 is 2.62 bits per heavy atom. The Morgan fingerprint density at radius 1 is 1.21 bits per heavy atom. The number of nitrogens with zero attached hydrogens (tertiary/aromatic N) is 1. The van der Waals surface area contributed by atoms with Gasteiger partial charge < -0.3 is 10.1 Å². The molecule has 0 spiro atoms. The molecule has 0 aliphatic carbocycles. The predicted octanol–water partition coefficient (Wildman–Crippen LogP) is 4.61. The van der Waals surface area contributed by atoms with Crippen LogP contribution < -0.4 is 15.5 Å². The van der Waals surface area contributed by atoms with Crippen molar-refractivity contribution in [3.63, 3.8) is 0 Å². The van der Waals surface area contributed by atoms with Crippen molar-refractivity contribution in [1.29, 1.82) is 0 Å². The van der Waals surface area contributed by atoms with Crippen LogP contribution in [0.1, 0.15) is 18.1 Å².